The third-order valence-electron chi connectivity index (χ3n) is 7.46. The highest BCUT2D eigenvalue weighted by Gasteiger charge is 2.34. The minimum Gasteiger partial charge on any atom is -0.468 e. The van der Waals surface area contributed by atoms with Crippen LogP contribution >= 0.6 is 0 Å². The fourth-order valence-electron chi connectivity index (χ4n) is 5.76. The third kappa shape index (κ3) is 4.77. The van der Waals surface area contributed by atoms with Crippen LogP contribution in [-0.2, 0) is 13.1 Å². The second kappa shape index (κ2) is 10.3. The van der Waals surface area contributed by atoms with Crippen LogP contribution in [-0.4, -0.2) is 35.1 Å². The lowest BCUT2D eigenvalue weighted by Crippen LogP contribution is -2.35. The highest BCUT2D eigenvalue weighted by Crippen LogP contribution is 2.35. The summed E-state index contributed by atoms with van der Waals surface area (Å²) in [5.41, 5.74) is 4.51. The molecule has 9 nitrogen and oxygen atoms in total. The number of nitrogens with zero attached hydrogens (tertiary/aromatic N) is 6. The molecular formula is C29H31N7O2. The SMILES string of the molecule is Cc1cc(C)c2[nH]c(=O)c([C@H](c3nnnn3C3CCCC3)N(Cc3cccnc3)Cc3ccco3)cc2c1. The third-order valence-corrected chi connectivity index (χ3v) is 7.46. The van der Waals surface area contributed by atoms with Gasteiger partial charge in [0.15, 0.2) is 5.82 Å². The quantitative estimate of drug-likeness (QED) is 0.313. The first-order chi connectivity index (χ1) is 18.6. The molecule has 4 aromatic heterocycles. The Hall–Kier alpha value is -4.11. The molecule has 4 heterocycles. The van der Waals surface area contributed by atoms with Crippen molar-refractivity contribution in [3.8, 4) is 0 Å². The number of H-pyrrole nitrogens is 1. The summed E-state index contributed by atoms with van der Waals surface area (Å²) in [7, 11) is 0. The number of hydrogen-bond acceptors (Lipinski definition) is 7. The van der Waals surface area contributed by atoms with Gasteiger partial charge in [0.2, 0.25) is 0 Å². The minimum atomic E-state index is -0.509. The van der Waals surface area contributed by atoms with E-state index < -0.39 is 6.04 Å². The molecule has 6 rings (SSSR count). The molecule has 1 aromatic carbocycles. The number of nitrogens with one attached hydrogen (secondary N) is 1. The highest BCUT2D eigenvalue weighted by molar-refractivity contribution is 5.83. The van der Waals surface area contributed by atoms with Crippen LogP contribution in [0.25, 0.3) is 10.9 Å². The van der Waals surface area contributed by atoms with Crippen LogP contribution < -0.4 is 5.56 Å². The molecule has 5 aromatic rings. The second-order valence-electron chi connectivity index (χ2n) is 10.3. The van der Waals surface area contributed by atoms with E-state index in [1.54, 1.807) is 12.5 Å². The number of aromatic amines is 1. The van der Waals surface area contributed by atoms with Gasteiger partial charge in [0.1, 0.15) is 11.8 Å². The van der Waals surface area contributed by atoms with Crippen LogP contribution in [0.4, 0.5) is 0 Å². The molecule has 0 unspecified atom stereocenters. The summed E-state index contributed by atoms with van der Waals surface area (Å²) in [6, 6.07) is 13.7. The summed E-state index contributed by atoms with van der Waals surface area (Å²) in [6.07, 6.45) is 9.63. The zero-order valence-electron chi connectivity index (χ0n) is 21.7. The van der Waals surface area contributed by atoms with Crippen LogP contribution in [0.2, 0.25) is 0 Å². The lowest BCUT2D eigenvalue weighted by atomic mass is 9.99. The first-order valence-corrected chi connectivity index (χ1v) is 13.1. The summed E-state index contributed by atoms with van der Waals surface area (Å²) in [4.78, 5) is 23.5. The highest BCUT2D eigenvalue weighted by atomic mass is 16.3. The number of rotatable bonds is 8. The van der Waals surface area contributed by atoms with Gasteiger partial charge in [-0.15, -0.1) is 5.10 Å². The maximum atomic E-state index is 13.8. The van der Waals surface area contributed by atoms with E-state index in [9.17, 15) is 4.79 Å². The van der Waals surface area contributed by atoms with Crippen LogP contribution in [0.5, 0.6) is 0 Å². The number of benzene rings is 1. The Bertz CT molecular complexity index is 1580. The predicted octanol–water partition coefficient (Wildman–Crippen LogP) is 5.03. The molecule has 1 N–H and O–H groups in total. The van der Waals surface area contributed by atoms with E-state index in [4.69, 9.17) is 4.42 Å². The maximum Gasteiger partial charge on any atom is 0.253 e. The van der Waals surface area contributed by atoms with Crippen molar-refractivity contribution in [2.24, 2.45) is 0 Å². The van der Waals surface area contributed by atoms with E-state index in [1.807, 2.05) is 48.1 Å². The van der Waals surface area contributed by atoms with E-state index in [-0.39, 0.29) is 11.6 Å². The fourth-order valence-corrected chi connectivity index (χ4v) is 5.76. The van der Waals surface area contributed by atoms with Crippen molar-refractivity contribution in [1.82, 2.24) is 35.1 Å². The van der Waals surface area contributed by atoms with Gasteiger partial charge in [-0.25, -0.2) is 4.68 Å². The minimum absolute atomic E-state index is 0.147. The average molecular weight is 510 g/mol. The van der Waals surface area contributed by atoms with Gasteiger partial charge in [-0.05, 0) is 84.0 Å². The fraction of sp³-hybridized carbons (Fsp3) is 0.345. The van der Waals surface area contributed by atoms with E-state index >= 15 is 0 Å². The lowest BCUT2D eigenvalue weighted by Gasteiger charge is -2.31. The monoisotopic (exact) mass is 509 g/mol. The largest absolute Gasteiger partial charge is 0.468 e. The zero-order chi connectivity index (χ0) is 26.1. The van der Waals surface area contributed by atoms with E-state index in [0.29, 0.717) is 24.5 Å². The molecule has 0 radical (unpaired) electrons. The van der Waals surface area contributed by atoms with Gasteiger partial charge in [0, 0.05) is 24.5 Å². The molecule has 0 saturated heterocycles. The molecule has 1 fully saturated rings. The molecule has 0 aliphatic heterocycles. The number of tetrazole rings is 1. The molecular weight excluding hydrogens is 478 g/mol. The number of aryl methyl sites for hydroxylation is 2. The molecule has 1 aliphatic carbocycles. The average Bonchev–Trinajstić information content (AvgIpc) is 3.69. The zero-order valence-corrected chi connectivity index (χ0v) is 21.7. The van der Waals surface area contributed by atoms with Gasteiger partial charge in [0.05, 0.1) is 24.4 Å². The van der Waals surface area contributed by atoms with Crippen LogP contribution in [0, 0.1) is 13.8 Å². The van der Waals surface area contributed by atoms with Gasteiger partial charge in [-0.3, -0.25) is 14.7 Å². The Labute approximate surface area is 220 Å². The Balaban J connectivity index is 1.55. The van der Waals surface area contributed by atoms with Gasteiger partial charge < -0.3 is 9.40 Å². The summed E-state index contributed by atoms with van der Waals surface area (Å²) < 4.78 is 7.71. The van der Waals surface area contributed by atoms with Crippen molar-refractivity contribution in [1.29, 1.82) is 0 Å². The molecule has 9 heteroatoms. The Kier molecular flexibility index (Phi) is 6.59. The molecule has 1 atom stereocenters. The van der Waals surface area contributed by atoms with Crippen molar-refractivity contribution in [2.45, 2.75) is 64.7 Å². The van der Waals surface area contributed by atoms with Gasteiger partial charge in [0.25, 0.3) is 5.56 Å². The lowest BCUT2D eigenvalue weighted by molar-refractivity contribution is 0.176. The summed E-state index contributed by atoms with van der Waals surface area (Å²) >= 11 is 0. The van der Waals surface area contributed by atoms with E-state index in [0.717, 1.165) is 59.0 Å². The second-order valence-corrected chi connectivity index (χ2v) is 10.3. The van der Waals surface area contributed by atoms with Gasteiger partial charge in [-0.2, -0.15) is 0 Å². The Morgan fingerprint density at radius 3 is 2.76 bits per heavy atom. The van der Waals surface area contributed by atoms with Gasteiger partial charge in [-0.1, -0.05) is 30.5 Å². The number of fused-ring (bicyclic) bond motifs is 1. The van der Waals surface area contributed by atoms with Gasteiger partial charge >= 0.3 is 0 Å². The number of aromatic nitrogens is 6. The Morgan fingerprint density at radius 1 is 1.13 bits per heavy atom. The molecule has 1 aliphatic rings. The normalized spacial score (nSPS) is 15.0. The summed E-state index contributed by atoms with van der Waals surface area (Å²) in [5, 5.41) is 14.1. The smallest absolute Gasteiger partial charge is 0.253 e. The summed E-state index contributed by atoms with van der Waals surface area (Å²) in [6.45, 7) is 5.09. The van der Waals surface area contributed by atoms with Crippen molar-refractivity contribution < 1.29 is 4.42 Å². The van der Waals surface area contributed by atoms with Crippen LogP contribution in [0.15, 0.2) is 70.3 Å². The van der Waals surface area contributed by atoms with E-state index in [2.05, 4.69) is 49.4 Å². The van der Waals surface area contributed by atoms with Crippen molar-refractivity contribution in [3.05, 3.63) is 105 Å². The van der Waals surface area contributed by atoms with Crippen LogP contribution in [0.1, 0.15) is 71.6 Å². The Morgan fingerprint density at radius 2 is 2.00 bits per heavy atom. The molecule has 0 amide bonds. The van der Waals surface area contributed by atoms with Crippen LogP contribution in [0.3, 0.4) is 0 Å². The predicted molar refractivity (Wildman–Crippen MR) is 143 cm³/mol. The summed E-state index contributed by atoms with van der Waals surface area (Å²) in [5.74, 6) is 1.46. The number of furan rings is 1. The number of pyridine rings is 2. The molecule has 0 bridgehead atoms. The van der Waals surface area contributed by atoms with Crippen molar-refractivity contribution >= 4 is 10.9 Å². The number of hydrogen-bond donors (Lipinski definition) is 1. The maximum absolute atomic E-state index is 13.8. The molecule has 1 saturated carbocycles. The first kappa shape index (κ1) is 24.2. The molecule has 0 spiro atoms. The molecule has 38 heavy (non-hydrogen) atoms. The topological polar surface area (TPSA) is 106 Å². The standard InChI is InChI=1S/C29H31N7O2/c1-19-13-20(2)26-22(14-19)15-25(29(37)31-26)27(28-32-33-34-36(28)23-8-3-4-9-23)35(18-24-10-6-12-38-24)17-21-7-5-11-30-16-21/h5-7,10-16,23,27H,3-4,8-9,17-18H2,1-2H3,(H,31,37)/t27-/m1/s1. The molecule has 194 valence electrons. The van der Waals surface area contributed by atoms with E-state index in [1.165, 1.54) is 0 Å². The van der Waals surface area contributed by atoms with Crippen molar-refractivity contribution in [2.75, 3.05) is 0 Å². The first-order valence-electron chi connectivity index (χ1n) is 13.1. The van der Waals surface area contributed by atoms with Crippen molar-refractivity contribution in [3.63, 3.8) is 0 Å².